The number of hydrogen-bond donors (Lipinski definition) is 0. The lowest BCUT2D eigenvalue weighted by atomic mass is 10.2. The molecule has 0 saturated heterocycles. The molecule has 0 aliphatic heterocycles. The molecule has 0 heterocycles. The summed E-state index contributed by atoms with van der Waals surface area (Å²) in [4.78, 5) is 10.8. The molecule has 0 fully saturated rings. The molecular formula is C12H11F3O3S. The van der Waals surface area contributed by atoms with Crippen molar-refractivity contribution in [3.63, 3.8) is 0 Å². The second kappa shape index (κ2) is 6.51. The van der Waals surface area contributed by atoms with Crippen LogP contribution in [0, 0.1) is 0 Å². The normalized spacial score (nSPS) is 12.2. The van der Waals surface area contributed by atoms with Gasteiger partial charge in [0.1, 0.15) is 10.7 Å². The first-order chi connectivity index (χ1) is 8.85. The van der Waals surface area contributed by atoms with Crippen molar-refractivity contribution in [1.29, 1.82) is 0 Å². The van der Waals surface area contributed by atoms with Crippen LogP contribution in [0.15, 0.2) is 29.2 Å². The second-order valence-electron chi connectivity index (χ2n) is 3.32. The largest absolute Gasteiger partial charge is 0.497 e. The molecule has 0 saturated carbocycles. The zero-order valence-corrected chi connectivity index (χ0v) is 11.0. The van der Waals surface area contributed by atoms with E-state index in [1.165, 1.54) is 7.11 Å². The second-order valence-corrected chi connectivity index (χ2v) is 4.43. The standard InChI is InChI=1S/C12H11F3O3S/c1-17-9-5-3-8(4-6-9)7-10(11(16)18-2)19-12(13,14)15/h3-7H,1-2H3/b10-7+. The third kappa shape index (κ3) is 5.25. The van der Waals surface area contributed by atoms with E-state index in [9.17, 15) is 18.0 Å². The van der Waals surface area contributed by atoms with Crippen LogP contribution in [0.3, 0.4) is 0 Å². The lowest BCUT2D eigenvalue weighted by Gasteiger charge is -2.08. The molecule has 0 aliphatic carbocycles. The molecule has 3 nitrogen and oxygen atoms in total. The lowest BCUT2D eigenvalue weighted by Crippen LogP contribution is -2.08. The third-order valence-electron chi connectivity index (χ3n) is 2.03. The summed E-state index contributed by atoms with van der Waals surface area (Å²) in [6, 6.07) is 6.25. The van der Waals surface area contributed by atoms with Gasteiger partial charge in [0.2, 0.25) is 0 Å². The van der Waals surface area contributed by atoms with E-state index in [-0.39, 0.29) is 0 Å². The van der Waals surface area contributed by atoms with Crippen LogP contribution in [0.5, 0.6) is 5.75 Å². The van der Waals surface area contributed by atoms with Gasteiger partial charge in [0.25, 0.3) is 0 Å². The highest BCUT2D eigenvalue weighted by Crippen LogP contribution is 2.37. The van der Waals surface area contributed by atoms with Crippen LogP contribution in [0.2, 0.25) is 0 Å². The zero-order valence-electron chi connectivity index (χ0n) is 10.2. The molecule has 0 bridgehead atoms. The number of rotatable bonds is 4. The van der Waals surface area contributed by atoms with Crippen LogP contribution < -0.4 is 4.74 Å². The smallest absolute Gasteiger partial charge is 0.446 e. The van der Waals surface area contributed by atoms with E-state index in [4.69, 9.17) is 4.74 Å². The van der Waals surface area contributed by atoms with E-state index in [1.54, 1.807) is 24.3 Å². The molecule has 0 aliphatic rings. The van der Waals surface area contributed by atoms with Crippen LogP contribution in [-0.4, -0.2) is 25.7 Å². The van der Waals surface area contributed by atoms with Gasteiger partial charge in [0.15, 0.2) is 0 Å². The lowest BCUT2D eigenvalue weighted by molar-refractivity contribution is -0.135. The summed E-state index contributed by atoms with van der Waals surface area (Å²) in [6.07, 6.45) is 1.11. The predicted molar refractivity (Wildman–Crippen MR) is 66.6 cm³/mol. The number of hydrogen-bond acceptors (Lipinski definition) is 4. The van der Waals surface area contributed by atoms with Gasteiger partial charge in [0.05, 0.1) is 14.2 Å². The molecule has 0 spiro atoms. The first-order valence-corrected chi connectivity index (χ1v) is 5.87. The highest BCUT2D eigenvalue weighted by Gasteiger charge is 2.33. The number of halogens is 3. The average molecular weight is 292 g/mol. The van der Waals surface area contributed by atoms with Crippen LogP contribution in [0.25, 0.3) is 6.08 Å². The number of alkyl halides is 3. The number of esters is 1. The Balaban J connectivity index is 3.01. The molecule has 1 aromatic rings. The number of carbonyl (C=O) groups is 1. The van der Waals surface area contributed by atoms with Gasteiger partial charge in [-0.25, -0.2) is 4.79 Å². The van der Waals surface area contributed by atoms with E-state index in [0.29, 0.717) is 11.3 Å². The fraction of sp³-hybridized carbons (Fsp3) is 0.250. The maximum Gasteiger partial charge on any atom is 0.446 e. The summed E-state index contributed by atoms with van der Waals surface area (Å²) < 4.78 is 46.2. The molecule has 0 amide bonds. The summed E-state index contributed by atoms with van der Waals surface area (Å²) in [5, 5.41) is 0. The van der Waals surface area contributed by atoms with Crippen molar-refractivity contribution in [3.05, 3.63) is 34.7 Å². The molecule has 0 atom stereocenters. The summed E-state index contributed by atoms with van der Waals surface area (Å²) in [6.45, 7) is 0. The fourth-order valence-electron chi connectivity index (χ4n) is 1.21. The van der Waals surface area contributed by atoms with Crippen molar-refractivity contribution in [3.8, 4) is 5.75 Å². The van der Waals surface area contributed by atoms with Crippen molar-refractivity contribution in [1.82, 2.24) is 0 Å². The third-order valence-corrected chi connectivity index (χ3v) is 2.76. The molecule has 0 radical (unpaired) electrons. The Hall–Kier alpha value is -1.63. The Kier molecular flexibility index (Phi) is 5.29. The van der Waals surface area contributed by atoms with Crippen molar-refractivity contribution in [2.24, 2.45) is 0 Å². The SMILES string of the molecule is COC(=O)/C(=C\c1ccc(OC)cc1)SC(F)(F)F. The molecule has 1 aromatic carbocycles. The van der Waals surface area contributed by atoms with Gasteiger partial charge >= 0.3 is 11.5 Å². The molecule has 1 rings (SSSR count). The molecule has 0 N–H and O–H groups in total. The van der Waals surface area contributed by atoms with Crippen molar-refractivity contribution < 1.29 is 27.4 Å². The Morgan fingerprint density at radius 3 is 2.21 bits per heavy atom. The number of ether oxygens (including phenoxy) is 2. The summed E-state index contributed by atoms with van der Waals surface area (Å²) in [5.41, 5.74) is -4.11. The van der Waals surface area contributed by atoms with E-state index in [0.717, 1.165) is 13.2 Å². The highest BCUT2D eigenvalue weighted by atomic mass is 32.2. The maximum absolute atomic E-state index is 12.3. The quantitative estimate of drug-likeness (QED) is 0.629. The van der Waals surface area contributed by atoms with Crippen LogP contribution in [0.1, 0.15) is 5.56 Å². The first-order valence-electron chi connectivity index (χ1n) is 5.05. The highest BCUT2D eigenvalue weighted by molar-refractivity contribution is 8.04. The van der Waals surface area contributed by atoms with Gasteiger partial charge in [-0.1, -0.05) is 12.1 Å². The summed E-state index contributed by atoms with van der Waals surface area (Å²) in [7, 11) is 2.51. The molecule has 7 heteroatoms. The molecule has 104 valence electrons. The van der Waals surface area contributed by atoms with E-state index >= 15 is 0 Å². The molecule has 0 aromatic heterocycles. The van der Waals surface area contributed by atoms with Gasteiger partial charge in [-0.05, 0) is 35.5 Å². The summed E-state index contributed by atoms with van der Waals surface area (Å²) >= 11 is -0.505. The molecule has 0 unspecified atom stereocenters. The molecule has 19 heavy (non-hydrogen) atoms. The minimum Gasteiger partial charge on any atom is -0.497 e. The van der Waals surface area contributed by atoms with Crippen molar-refractivity contribution in [2.75, 3.05) is 14.2 Å². The van der Waals surface area contributed by atoms with Crippen LogP contribution in [0.4, 0.5) is 13.2 Å². The minimum atomic E-state index is -4.55. The zero-order chi connectivity index (χ0) is 14.5. The Morgan fingerprint density at radius 1 is 1.21 bits per heavy atom. The van der Waals surface area contributed by atoms with Gasteiger partial charge in [0, 0.05) is 0 Å². The number of benzene rings is 1. The van der Waals surface area contributed by atoms with Crippen LogP contribution >= 0.6 is 11.8 Å². The van der Waals surface area contributed by atoms with E-state index < -0.39 is 28.1 Å². The number of thioether (sulfide) groups is 1. The number of methoxy groups -OCH3 is 2. The Morgan fingerprint density at radius 2 is 1.79 bits per heavy atom. The average Bonchev–Trinajstić information content (AvgIpc) is 2.36. The fourth-order valence-corrected chi connectivity index (χ4v) is 1.82. The topological polar surface area (TPSA) is 35.5 Å². The van der Waals surface area contributed by atoms with Gasteiger partial charge in [-0.3, -0.25) is 0 Å². The van der Waals surface area contributed by atoms with E-state index in [1.807, 2.05) is 0 Å². The van der Waals surface area contributed by atoms with Gasteiger partial charge in [-0.2, -0.15) is 13.2 Å². The number of carbonyl (C=O) groups excluding carboxylic acids is 1. The van der Waals surface area contributed by atoms with Crippen LogP contribution in [-0.2, 0) is 9.53 Å². The Labute approximate surface area is 112 Å². The van der Waals surface area contributed by atoms with Gasteiger partial charge < -0.3 is 9.47 Å². The van der Waals surface area contributed by atoms with E-state index in [2.05, 4.69) is 4.74 Å². The van der Waals surface area contributed by atoms with Gasteiger partial charge in [-0.15, -0.1) is 0 Å². The van der Waals surface area contributed by atoms with Crippen molar-refractivity contribution >= 4 is 23.8 Å². The summed E-state index contributed by atoms with van der Waals surface area (Å²) in [5.74, 6) is -0.460. The maximum atomic E-state index is 12.3. The monoisotopic (exact) mass is 292 g/mol. The Bertz CT molecular complexity index is 466. The first kappa shape index (κ1) is 15.4. The predicted octanol–water partition coefficient (Wildman–Crippen LogP) is 3.46. The minimum absolute atomic E-state index is 0.443. The molecular weight excluding hydrogens is 281 g/mol. The van der Waals surface area contributed by atoms with Crippen molar-refractivity contribution in [2.45, 2.75) is 5.51 Å².